The van der Waals surface area contributed by atoms with E-state index in [-0.39, 0.29) is 11.2 Å². The topological polar surface area (TPSA) is 35.2 Å². The summed E-state index contributed by atoms with van der Waals surface area (Å²) in [6.07, 6.45) is 2.11. The Morgan fingerprint density at radius 2 is 2.19 bits per heavy atom. The second-order valence-corrected chi connectivity index (χ2v) is 5.22. The lowest BCUT2D eigenvalue weighted by Gasteiger charge is -2.19. The maximum atomic E-state index is 13.7. The Labute approximate surface area is 103 Å². The smallest absolute Gasteiger partial charge is 0.143 e. The van der Waals surface area contributed by atoms with Crippen molar-refractivity contribution in [2.24, 2.45) is 5.73 Å². The lowest BCUT2D eigenvalue weighted by Crippen LogP contribution is -2.21. The number of hydrogen-bond donors (Lipinski definition) is 1. The van der Waals surface area contributed by atoms with E-state index in [0.29, 0.717) is 22.3 Å². The molecule has 1 fully saturated rings. The number of methoxy groups -OCH3 is 1. The molecule has 88 valence electrons. The lowest BCUT2D eigenvalue weighted by molar-refractivity contribution is 0.396. The third kappa shape index (κ3) is 1.64. The Morgan fingerprint density at radius 3 is 2.62 bits per heavy atom. The Balaban J connectivity index is 2.61. The third-order valence-corrected chi connectivity index (χ3v) is 3.99. The molecule has 1 saturated carbocycles. The van der Waals surface area contributed by atoms with Gasteiger partial charge in [0.15, 0.2) is 0 Å². The molecule has 2 N–H and O–H groups in total. The van der Waals surface area contributed by atoms with Crippen molar-refractivity contribution in [2.75, 3.05) is 13.7 Å². The highest BCUT2D eigenvalue weighted by atomic mass is 79.9. The van der Waals surface area contributed by atoms with Crippen LogP contribution in [0, 0.1) is 12.7 Å². The second kappa shape index (κ2) is 4.00. The van der Waals surface area contributed by atoms with E-state index in [9.17, 15) is 4.39 Å². The fraction of sp³-hybridized carbons (Fsp3) is 0.500. The fourth-order valence-electron chi connectivity index (χ4n) is 2.13. The molecule has 0 amide bonds. The highest BCUT2D eigenvalue weighted by molar-refractivity contribution is 9.10. The molecule has 16 heavy (non-hydrogen) atoms. The van der Waals surface area contributed by atoms with Crippen molar-refractivity contribution in [3.63, 3.8) is 0 Å². The second-order valence-electron chi connectivity index (χ2n) is 4.36. The molecule has 2 nitrogen and oxygen atoms in total. The summed E-state index contributed by atoms with van der Waals surface area (Å²) in [6.45, 7) is 2.32. The van der Waals surface area contributed by atoms with Crippen LogP contribution in [0.1, 0.15) is 24.0 Å². The SMILES string of the molecule is COc1c(C2(CN)CC2)cc(Br)c(F)c1C. The Kier molecular flexibility index (Phi) is 2.97. The van der Waals surface area contributed by atoms with Crippen LogP contribution >= 0.6 is 15.9 Å². The predicted molar refractivity (Wildman–Crippen MR) is 65.4 cm³/mol. The van der Waals surface area contributed by atoms with Crippen LogP contribution in [0.5, 0.6) is 5.75 Å². The summed E-state index contributed by atoms with van der Waals surface area (Å²) >= 11 is 3.24. The zero-order valence-corrected chi connectivity index (χ0v) is 11.0. The molecule has 0 atom stereocenters. The zero-order valence-electron chi connectivity index (χ0n) is 9.44. The van der Waals surface area contributed by atoms with Crippen molar-refractivity contribution in [3.8, 4) is 5.75 Å². The summed E-state index contributed by atoms with van der Waals surface area (Å²) in [5, 5.41) is 0. The molecule has 0 radical (unpaired) electrons. The van der Waals surface area contributed by atoms with Gasteiger partial charge in [-0.2, -0.15) is 0 Å². The van der Waals surface area contributed by atoms with E-state index >= 15 is 0 Å². The molecule has 0 aromatic heterocycles. The average molecular weight is 288 g/mol. The van der Waals surface area contributed by atoms with Gasteiger partial charge < -0.3 is 10.5 Å². The van der Waals surface area contributed by atoms with Crippen LogP contribution in [-0.4, -0.2) is 13.7 Å². The summed E-state index contributed by atoms with van der Waals surface area (Å²) in [5.74, 6) is 0.386. The molecule has 0 saturated heterocycles. The fourth-order valence-corrected chi connectivity index (χ4v) is 2.65. The Hall–Kier alpha value is -0.610. The first kappa shape index (κ1) is 11.9. The van der Waals surface area contributed by atoms with Gasteiger partial charge in [-0.1, -0.05) is 0 Å². The van der Waals surface area contributed by atoms with Crippen molar-refractivity contribution >= 4 is 15.9 Å². The van der Waals surface area contributed by atoms with Crippen LogP contribution in [-0.2, 0) is 5.41 Å². The number of hydrogen-bond acceptors (Lipinski definition) is 2. The molecule has 1 aliphatic carbocycles. The van der Waals surface area contributed by atoms with Crippen LogP contribution in [0.4, 0.5) is 4.39 Å². The van der Waals surface area contributed by atoms with Gasteiger partial charge in [0.25, 0.3) is 0 Å². The van der Waals surface area contributed by atoms with Gasteiger partial charge in [-0.25, -0.2) is 4.39 Å². The number of halogens is 2. The molecule has 1 aromatic rings. The maximum Gasteiger partial charge on any atom is 0.143 e. The van der Waals surface area contributed by atoms with Gasteiger partial charge in [-0.05, 0) is 41.8 Å². The molecule has 0 heterocycles. The van der Waals surface area contributed by atoms with Gasteiger partial charge in [0.2, 0.25) is 0 Å². The third-order valence-electron chi connectivity index (χ3n) is 3.41. The van der Waals surface area contributed by atoms with Crippen molar-refractivity contribution in [1.82, 2.24) is 0 Å². The highest BCUT2D eigenvalue weighted by Gasteiger charge is 2.45. The molecule has 1 aromatic carbocycles. The van der Waals surface area contributed by atoms with E-state index in [1.165, 1.54) is 0 Å². The van der Waals surface area contributed by atoms with Crippen LogP contribution in [0.15, 0.2) is 10.5 Å². The number of ether oxygens (including phenoxy) is 1. The minimum Gasteiger partial charge on any atom is -0.496 e. The summed E-state index contributed by atoms with van der Waals surface area (Å²) < 4.78 is 19.5. The van der Waals surface area contributed by atoms with Crippen molar-refractivity contribution in [3.05, 3.63) is 27.5 Å². The first-order valence-corrected chi connectivity index (χ1v) is 6.08. The molecule has 0 aliphatic heterocycles. The minimum absolute atomic E-state index is 0.00627. The highest BCUT2D eigenvalue weighted by Crippen LogP contribution is 2.52. The summed E-state index contributed by atoms with van der Waals surface area (Å²) in [7, 11) is 1.58. The summed E-state index contributed by atoms with van der Waals surface area (Å²) in [4.78, 5) is 0. The van der Waals surface area contributed by atoms with E-state index < -0.39 is 0 Å². The van der Waals surface area contributed by atoms with Gasteiger partial charge in [0.05, 0.1) is 11.6 Å². The van der Waals surface area contributed by atoms with Crippen molar-refractivity contribution in [2.45, 2.75) is 25.2 Å². The summed E-state index contributed by atoms with van der Waals surface area (Å²) in [6, 6.07) is 1.81. The van der Waals surface area contributed by atoms with E-state index in [0.717, 1.165) is 18.4 Å². The van der Waals surface area contributed by atoms with Crippen LogP contribution in [0.3, 0.4) is 0 Å². The van der Waals surface area contributed by atoms with Crippen LogP contribution < -0.4 is 10.5 Å². The Bertz CT molecular complexity index is 430. The average Bonchev–Trinajstić information content (AvgIpc) is 3.06. The number of nitrogens with two attached hydrogens (primary N) is 1. The number of benzene rings is 1. The monoisotopic (exact) mass is 287 g/mol. The standard InChI is InChI=1S/C12H15BrFNO/c1-7-10(14)9(13)5-8(11(7)16-2)12(6-15)3-4-12/h5H,3-4,6,15H2,1-2H3. The van der Waals surface area contributed by atoms with E-state index in [2.05, 4.69) is 15.9 Å². The molecular weight excluding hydrogens is 273 g/mol. The van der Waals surface area contributed by atoms with Gasteiger partial charge in [-0.3, -0.25) is 0 Å². The molecular formula is C12H15BrFNO. The van der Waals surface area contributed by atoms with Crippen molar-refractivity contribution in [1.29, 1.82) is 0 Å². The van der Waals surface area contributed by atoms with Gasteiger partial charge >= 0.3 is 0 Å². The maximum absolute atomic E-state index is 13.7. The number of rotatable bonds is 3. The predicted octanol–water partition coefficient (Wildman–Crippen LogP) is 2.90. The van der Waals surface area contributed by atoms with E-state index in [1.54, 1.807) is 20.1 Å². The summed E-state index contributed by atoms with van der Waals surface area (Å²) in [5.41, 5.74) is 7.38. The molecule has 0 unspecified atom stereocenters. The van der Waals surface area contributed by atoms with Crippen LogP contribution in [0.25, 0.3) is 0 Å². The molecule has 2 rings (SSSR count). The van der Waals surface area contributed by atoms with Gasteiger partial charge in [0, 0.05) is 23.1 Å². The molecule has 0 bridgehead atoms. The Morgan fingerprint density at radius 1 is 1.56 bits per heavy atom. The normalized spacial score (nSPS) is 17.3. The molecule has 0 spiro atoms. The largest absolute Gasteiger partial charge is 0.496 e. The zero-order chi connectivity index (χ0) is 11.9. The lowest BCUT2D eigenvalue weighted by atomic mass is 9.93. The molecule has 1 aliphatic rings. The van der Waals surface area contributed by atoms with Crippen LogP contribution in [0.2, 0.25) is 0 Å². The first-order valence-electron chi connectivity index (χ1n) is 5.29. The van der Waals surface area contributed by atoms with Gasteiger partial charge in [0.1, 0.15) is 11.6 Å². The quantitative estimate of drug-likeness (QED) is 0.928. The van der Waals surface area contributed by atoms with Crippen molar-refractivity contribution < 1.29 is 9.13 Å². The molecule has 4 heteroatoms. The minimum atomic E-state index is -0.256. The van der Waals surface area contributed by atoms with E-state index in [1.807, 2.05) is 0 Å². The van der Waals surface area contributed by atoms with E-state index in [4.69, 9.17) is 10.5 Å². The first-order chi connectivity index (χ1) is 7.55. The van der Waals surface area contributed by atoms with Gasteiger partial charge in [-0.15, -0.1) is 0 Å².